The van der Waals surface area contributed by atoms with E-state index in [1.165, 1.54) is 45.2 Å². The topological polar surface area (TPSA) is 24.5 Å². The SMILES string of the molecule is CCC(C)(CNC1CC1)CN1CC2CCC(C1)O2. The number of rotatable bonds is 6. The van der Waals surface area contributed by atoms with Gasteiger partial charge in [-0.05, 0) is 37.5 Å². The first-order valence-electron chi connectivity index (χ1n) is 7.78. The highest BCUT2D eigenvalue weighted by atomic mass is 16.5. The first-order valence-corrected chi connectivity index (χ1v) is 7.78. The van der Waals surface area contributed by atoms with E-state index < -0.39 is 0 Å². The van der Waals surface area contributed by atoms with Gasteiger partial charge in [0.15, 0.2) is 0 Å². The van der Waals surface area contributed by atoms with Gasteiger partial charge in [0.05, 0.1) is 12.2 Å². The molecule has 0 radical (unpaired) electrons. The van der Waals surface area contributed by atoms with Crippen LogP contribution < -0.4 is 5.32 Å². The van der Waals surface area contributed by atoms with Gasteiger partial charge in [-0.1, -0.05) is 13.8 Å². The van der Waals surface area contributed by atoms with Gasteiger partial charge >= 0.3 is 0 Å². The molecule has 3 rings (SSSR count). The van der Waals surface area contributed by atoms with Gasteiger partial charge in [0.25, 0.3) is 0 Å². The van der Waals surface area contributed by atoms with Crippen molar-refractivity contribution >= 4 is 0 Å². The third-order valence-electron chi connectivity index (χ3n) is 4.97. The van der Waals surface area contributed by atoms with Gasteiger partial charge in [-0.25, -0.2) is 0 Å². The molecule has 2 saturated heterocycles. The van der Waals surface area contributed by atoms with E-state index >= 15 is 0 Å². The number of likely N-dealkylation sites (tertiary alicyclic amines) is 1. The lowest BCUT2D eigenvalue weighted by Gasteiger charge is -2.39. The average Bonchev–Trinajstić information content (AvgIpc) is 3.13. The fourth-order valence-electron chi connectivity index (χ4n) is 3.34. The van der Waals surface area contributed by atoms with Gasteiger partial charge in [0.1, 0.15) is 0 Å². The highest BCUT2D eigenvalue weighted by Gasteiger charge is 2.36. The minimum atomic E-state index is 0.430. The van der Waals surface area contributed by atoms with Crippen LogP contribution in [0.15, 0.2) is 0 Å². The third kappa shape index (κ3) is 3.06. The molecule has 0 spiro atoms. The van der Waals surface area contributed by atoms with Crippen LogP contribution in [0.1, 0.15) is 46.0 Å². The molecule has 2 aliphatic heterocycles. The minimum absolute atomic E-state index is 0.430. The quantitative estimate of drug-likeness (QED) is 0.783. The van der Waals surface area contributed by atoms with Crippen LogP contribution in [0.25, 0.3) is 0 Å². The van der Waals surface area contributed by atoms with Crippen molar-refractivity contribution in [3.63, 3.8) is 0 Å². The molecule has 2 heterocycles. The van der Waals surface area contributed by atoms with Crippen LogP contribution in [0, 0.1) is 5.41 Å². The summed E-state index contributed by atoms with van der Waals surface area (Å²) in [6.45, 7) is 9.52. The standard InChI is InChI=1S/C15H28N2O/c1-3-15(2,10-16-12-4-5-12)11-17-8-13-6-7-14(9-17)18-13/h12-14,16H,3-11H2,1-2H3. The fraction of sp³-hybridized carbons (Fsp3) is 1.00. The van der Waals surface area contributed by atoms with Crippen molar-refractivity contribution in [2.75, 3.05) is 26.2 Å². The van der Waals surface area contributed by atoms with Crippen LogP contribution in [-0.4, -0.2) is 49.3 Å². The summed E-state index contributed by atoms with van der Waals surface area (Å²) < 4.78 is 5.93. The number of nitrogens with zero attached hydrogens (tertiary/aromatic N) is 1. The summed E-state index contributed by atoms with van der Waals surface area (Å²) in [7, 11) is 0. The van der Waals surface area contributed by atoms with Crippen LogP contribution in [0.3, 0.4) is 0 Å². The molecule has 0 aromatic heterocycles. The van der Waals surface area contributed by atoms with Gasteiger partial charge in [-0.15, -0.1) is 0 Å². The maximum Gasteiger partial charge on any atom is 0.0707 e. The van der Waals surface area contributed by atoms with Crippen molar-refractivity contribution in [1.29, 1.82) is 0 Å². The van der Waals surface area contributed by atoms with Crippen LogP contribution in [-0.2, 0) is 4.74 Å². The molecular formula is C15H28N2O. The molecule has 1 aliphatic carbocycles. The summed E-state index contributed by atoms with van der Waals surface area (Å²) >= 11 is 0. The van der Waals surface area contributed by atoms with E-state index in [2.05, 4.69) is 24.1 Å². The molecule has 0 aromatic rings. The first kappa shape index (κ1) is 12.9. The Bertz CT molecular complexity index is 280. The third-order valence-corrected chi connectivity index (χ3v) is 4.97. The van der Waals surface area contributed by atoms with E-state index in [4.69, 9.17) is 4.74 Å². The second-order valence-electron chi connectivity index (χ2n) is 6.97. The van der Waals surface area contributed by atoms with E-state index in [0.29, 0.717) is 17.6 Å². The van der Waals surface area contributed by atoms with Crippen molar-refractivity contribution in [2.45, 2.75) is 64.2 Å². The highest BCUT2D eigenvalue weighted by molar-refractivity contribution is 4.90. The van der Waals surface area contributed by atoms with Crippen molar-refractivity contribution in [3.8, 4) is 0 Å². The molecule has 0 amide bonds. The highest BCUT2D eigenvalue weighted by Crippen LogP contribution is 2.30. The Labute approximate surface area is 111 Å². The number of hydrogen-bond acceptors (Lipinski definition) is 3. The Morgan fingerprint density at radius 1 is 1.17 bits per heavy atom. The van der Waals surface area contributed by atoms with E-state index in [1.54, 1.807) is 0 Å². The minimum Gasteiger partial charge on any atom is -0.372 e. The van der Waals surface area contributed by atoms with Gasteiger partial charge < -0.3 is 10.1 Å². The van der Waals surface area contributed by atoms with Crippen LogP contribution in [0.4, 0.5) is 0 Å². The Hall–Kier alpha value is -0.120. The number of ether oxygens (including phenoxy) is 1. The second-order valence-corrected chi connectivity index (χ2v) is 6.97. The summed E-state index contributed by atoms with van der Waals surface area (Å²) in [5, 5.41) is 3.72. The summed E-state index contributed by atoms with van der Waals surface area (Å²) in [5.41, 5.74) is 0.430. The summed E-state index contributed by atoms with van der Waals surface area (Å²) in [6, 6.07) is 0.830. The zero-order chi connectivity index (χ0) is 12.6. The lowest BCUT2D eigenvalue weighted by Crippen LogP contribution is -2.49. The molecule has 3 nitrogen and oxygen atoms in total. The van der Waals surface area contributed by atoms with Crippen molar-refractivity contribution < 1.29 is 4.74 Å². The monoisotopic (exact) mass is 252 g/mol. The lowest BCUT2D eigenvalue weighted by molar-refractivity contribution is -0.0494. The Morgan fingerprint density at radius 2 is 1.83 bits per heavy atom. The van der Waals surface area contributed by atoms with E-state index in [1.807, 2.05) is 0 Å². The molecular weight excluding hydrogens is 224 g/mol. The smallest absolute Gasteiger partial charge is 0.0707 e. The number of fused-ring (bicyclic) bond motifs is 2. The van der Waals surface area contributed by atoms with E-state index in [-0.39, 0.29) is 0 Å². The molecule has 3 aliphatic rings. The Morgan fingerprint density at radius 3 is 2.39 bits per heavy atom. The van der Waals surface area contributed by atoms with Crippen LogP contribution in [0.5, 0.6) is 0 Å². The zero-order valence-corrected chi connectivity index (χ0v) is 12.0. The Kier molecular flexibility index (Phi) is 3.65. The summed E-state index contributed by atoms with van der Waals surface area (Å²) in [6.07, 6.45) is 7.67. The van der Waals surface area contributed by atoms with Gasteiger partial charge in [-0.2, -0.15) is 0 Å². The number of hydrogen-bond donors (Lipinski definition) is 1. The molecule has 3 unspecified atom stereocenters. The summed E-state index contributed by atoms with van der Waals surface area (Å²) in [4.78, 5) is 2.66. The van der Waals surface area contributed by atoms with Gasteiger partial charge in [-0.3, -0.25) is 4.90 Å². The molecule has 2 bridgehead atoms. The molecule has 3 atom stereocenters. The van der Waals surface area contributed by atoms with Crippen molar-refractivity contribution in [2.24, 2.45) is 5.41 Å². The van der Waals surface area contributed by atoms with E-state index in [0.717, 1.165) is 19.1 Å². The predicted octanol–water partition coefficient (Wildman–Crippen LogP) is 2.02. The molecule has 0 aromatic carbocycles. The normalized spacial score (nSPS) is 35.7. The first-order chi connectivity index (χ1) is 8.67. The number of nitrogens with one attached hydrogen (secondary N) is 1. The molecule has 18 heavy (non-hydrogen) atoms. The number of morpholine rings is 1. The molecule has 104 valence electrons. The summed E-state index contributed by atoms with van der Waals surface area (Å²) in [5.74, 6) is 0. The van der Waals surface area contributed by atoms with Crippen LogP contribution in [0.2, 0.25) is 0 Å². The molecule has 1 N–H and O–H groups in total. The Balaban J connectivity index is 1.51. The maximum absolute atomic E-state index is 5.93. The molecule has 3 fully saturated rings. The van der Waals surface area contributed by atoms with Crippen LogP contribution >= 0.6 is 0 Å². The largest absolute Gasteiger partial charge is 0.372 e. The molecule has 1 saturated carbocycles. The van der Waals surface area contributed by atoms with Gasteiger partial charge in [0, 0.05) is 32.2 Å². The zero-order valence-electron chi connectivity index (χ0n) is 12.0. The average molecular weight is 252 g/mol. The van der Waals surface area contributed by atoms with Crippen molar-refractivity contribution in [1.82, 2.24) is 10.2 Å². The maximum atomic E-state index is 5.93. The molecule has 3 heteroatoms. The second kappa shape index (κ2) is 5.10. The lowest BCUT2D eigenvalue weighted by atomic mass is 9.86. The van der Waals surface area contributed by atoms with Gasteiger partial charge in [0.2, 0.25) is 0 Å². The van der Waals surface area contributed by atoms with Crippen molar-refractivity contribution in [3.05, 3.63) is 0 Å². The fourth-order valence-corrected chi connectivity index (χ4v) is 3.34. The van der Waals surface area contributed by atoms with E-state index in [9.17, 15) is 0 Å². The predicted molar refractivity (Wildman–Crippen MR) is 73.8 cm³/mol.